The van der Waals surface area contributed by atoms with Gasteiger partial charge in [0.25, 0.3) is 0 Å². The van der Waals surface area contributed by atoms with E-state index in [1.165, 1.54) is 0 Å². The van der Waals surface area contributed by atoms with E-state index >= 15 is 0 Å². The fourth-order valence-corrected chi connectivity index (χ4v) is 4.31. The zero-order valence-electron chi connectivity index (χ0n) is 21.6. The van der Waals surface area contributed by atoms with Gasteiger partial charge in [0, 0.05) is 12.8 Å². The Labute approximate surface area is 205 Å². The minimum absolute atomic E-state index is 0.188. The molecule has 0 aromatic heterocycles. The van der Waals surface area contributed by atoms with Crippen LogP contribution in [-0.4, -0.2) is 72.3 Å². The van der Waals surface area contributed by atoms with Gasteiger partial charge in [-0.05, 0) is 50.0 Å². The van der Waals surface area contributed by atoms with Gasteiger partial charge in [0.2, 0.25) is 0 Å². The quantitative estimate of drug-likeness (QED) is 0.105. The number of ether oxygens (including phenoxy) is 1. The van der Waals surface area contributed by atoms with Crippen LogP contribution in [0.4, 0.5) is 0 Å². The second-order valence-corrected chi connectivity index (χ2v) is 10.5. The molecule has 2 N–H and O–H groups in total. The smallest absolute Gasteiger partial charge is 0.307 e. The van der Waals surface area contributed by atoms with Crippen LogP contribution in [0.3, 0.4) is 0 Å². The van der Waals surface area contributed by atoms with Crippen LogP contribution in [0.1, 0.15) is 84.0 Å². The molecule has 0 aromatic rings. The molecule has 0 aliphatic heterocycles. The van der Waals surface area contributed by atoms with Crippen LogP contribution in [-0.2, 0) is 19.1 Å². The predicted octanol–water partition coefficient (Wildman–Crippen LogP) is 4.43. The molecule has 34 heavy (non-hydrogen) atoms. The highest BCUT2D eigenvalue weighted by atomic mass is 16.5. The summed E-state index contributed by atoms with van der Waals surface area (Å²) < 4.78 is 5.92. The van der Waals surface area contributed by atoms with E-state index in [9.17, 15) is 19.5 Å². The van der Waals surface area contributed by atoms with E-state index in [4.69, 9.17) is 9.84 Å². The van der Waals surface area contributed by atoms with Gasteiger partial charge in [-0.2, -0.15) is 0 Å². The average molecular weight is 481 g/mol. The zero-order chi connectivity index (χ0) is 25.6. The number of carbonyl (C=O) groups is 3. The summed E-state index contributed by atoms with van der Waals surface area (Å²) in [5.41, 5.74) is 0.865. The van der Waals surface area contributed by atoms with Crippen molar-refractivity contribution >= 4 is 17.7 Å². The van der Waals surface area contributed by atoms with Gasteiger partial charge in [0.1, 0.15) is 6.54 Å². The number of unbranched alkanes of at least 4 members (excludes halogenated alkanes) is 3. The molecule has 0 bridgehead atoms. The second-order valence-electron chi connectivity index (χ2n) is 10.5. The number of ketones is 1. The highest BCUT2D eigenvalue weighted by Gasteiger charge is 2.27. The van der Waals surface area contributed by atoms with Crippen LogP contribution in [0.25, 0.3) is 0 Å². The number of carboxylic acids is 1. The van der Waals surface area contributed by atoms with Gasteiger partial charge in [-0.3, -0.25) is 14.4 Å². The molecule has 0 radical (unpaired) electrons. The second kappa shape index (κ2) is 15.8. The molecule has 0 aromatic carbocycles. The largest absolute Gasteiger partial charge is 0.481 e. The maximum absolute atomic E-state index is 12.2. The molecule has 0 amide bonds. The summed E-state index contributed by atoms with van der Waals surface area (Å²) in [6.45, 7) is 2.59. The van der Waals surface area contributed by atoms with Crippen molar-refractivity contribution in [2.24, 2.45) is 5.92 Å². The lowest BCUT2D eigenvalue weighted by atomic mass is 9.96. The predicted molar refractivity (Wildman–Crippen MR) is 133 cm³/mol. The molecule has 0 saturated heterocycles. The monoisotopic (exact) mass is 480 g/mol. The van der Waals surface area contributed by atoms with Crippen molar-refractivity contribution in [3.8, 4) is 0 Å². The van der Waals surface area contributed by atoms with Crippen LogP contribution in [0.5, 0.6) is 0 Å². The average Bonchev–Trinajstić information content (AvgIpc) is 3.06. The first-order valence-corrected chi connectivity index (χ1v) is 12.8. The lowest BCUT2D eigenvalue weighted by Crippen LogP contribution is -2.43. The lowest BCUT2D eigenvalue weighted by Gasteiger charge is -2.28. The number of Topliss-reactive ketones (excluding diaryl/α,β-unsaturated/α-hetero) is 1. The van der Waals surface area contributed by atoms with Crippen LogP contribution < -0.4 is 0 Å². The zero-order valence-corrected chi connectivity index (χ0v) is 21.6. The third kappa shape index (κ3) is 13.7. The van der Waals surface area contributed by atoms with E-state index in [0.29, 0.717) is 30.3 Å². The van der Waals surface area contributed by atoms with Crippen LogP contribution in [0.2, 0.25) is 0 Å². The number of hydrogen-bond acceptors (Lipinski definition) is 5. The normalized spacial score (nSPS) is 19.6. The Morgan fingerprint density at radius 3 is 2.56 bits per heavy atom. The molecule has 1 aliphatic carbocycles. The van der Waals surface area contributed by atoms with E-state index < -0.39 is 12.1 Å². The molecule has 1 fully saturated rings. The van der Waals surface area contributed by atoms with Crippen molar-refractivity contribution in [3.05, 3.63) is 23.8 Å². The first-order valence-electron chi connectivity index (χ1n) is 12.8. The molecule has 1 rings (SSSR count). The maximum atomic E-state index is 12.2. The van der Waals surface area contributed by atoms with Crippen molar-refractivity contribution in [2.45, 2.75) is 96.2 Å². The van der Waals surface area contributed by atoms with E-state index in [0.717, 1.165) is 50.5 Å². The van der Waals surface area contributed by atoms with Gasteiger partial charge in [0.05, 0.1) is 33.7 Å². The summed E-state index contributed by atoms with van der Waals surface area (Å²) in [7, 11) is 5.80. The number of aliphatic hydroxyl groups excluding tert-OH is 1. The van der Waals surface area contributed by atoms with Gasteiger partial charge in [-0.25, -0.2) is 0 Å². The van der Waals surface area contributed by atoms with Crippen LogP contribution in [0.15, 0.2) is 23.8 Å². The first-order chi connectivity index (χ1) is 16.0. The maximum Gasteiger partial charge on any atom is 0.307 e. The summed E-state index contributed by atoms with van der Waals surface area (Å²) in [6, 6.07) is 0. The number of likely N-dealkylation sites (N-methyl/N-ethyl adjacent to an activating group) is 1. The Hall–Kier alpha value is -1.99. The molecule has 1 saturated carbocycles. The number of esters is 1. The summed E-state index contributed by atoms with van der Waals surface area (Å²) in [4.78, 5) is 35.4. The number of hydrogen-bond donors (Lipinski definition) is 2. The fraction of sp³-hybridized carbons (Fsp3) is 0.741. The number of aliphatic carboxylic acids is 1. The molecule has 194 valence electrons. The first kappa shape index (κ1) is 30.0. The van der Waals surface area contributed by atoms with Crippen LogP contribution >= 0.6 is 0 Å². The van der Waals surface area contributed by atoms with Gasteiger partial charge in [-0.1, -0.05) is 44.4 Å². The highest BCUT2D eigenvalue weighted by molar-refractivity contribution is 5.98. The number of carboxylic acid groups (broad SMARTS) is 1. The molecule has 0 heterocycles. The van der Waals surface area contributed by atoms with E-state index in [-0.39, 0.29) is 36.6 Å². The van der Waals surface area contributed by atoms with Gasteiger partial charge < -0.3 is 19.4 Å². The van der Waals surface area contributed by atoms with Crippen molar-refractivity contribution in [2.75, 3.05) is 27.7 Å². The summed E-state index contributed by atoms with van der Waals surface area (Å²) in [6.07, 6.45) is 13.3. The van der Waals surface area contributed by atoms with Gasteiger partial charge in [0.15, 0.2) is 11.9 Å². The molecular formula is C27H46NO6+. The third-order valence-electron chi connectivity index (χ3n) is 6.02. The lowest BCUT2D eigenvalue weighted by molar-refractivity contribution is -0.873. The van der Waals surface area contributed by atoms with Gasteiger partial charge >= 0.3 is 11.9 Å². The van der Waals surface area contributed by atoms with Crippen molar-refractivity contribution in [1.82, 2.24) is 0 Å². The standard InChI is InChI=1S/C27H45NO6/c1-5-6-9-13-22(29)16-17-24-21(15-18-25(24)30)12-10-7-8-11-14-27(33)34-23(19-26(31)32)20-28(2,3)4/h7,10,17,21-23,29H,5-6,8-9,11-16,18-20H2,1-4H3/p+1/b10-7+,24-17+. The van der Waals surface area contributed by atoms with E-state index in [2.05, 4.69) is 13.0 Å². The van der Waals surface area contributed by atoms with Gasteiger partial charge in [-0.15, -0.1) is 0 Å². The molecule has 3 atom stereocenters. The summed E-state index contributed by atoms with van der Waals surface area (Å²) in [5, 5.41) is 19.2. The Kier molecular flexibility index (Phi) is 14.0. The highest BCUT2D eigenvalue weighted by Crippen LogP contribution is 2.32. The van der Waals surface area contributed by atoms with Crippen LogP contribution in [0, 0.1) is 5.92 Å². The number of allylic oxidation sites excluding steroid dienone is 3. The van der Waals surface area contributed by atoms with Crippen molar-refractivity contribution in [3.63, 3.8) is 0 Å². The molecule has 3 unspecified atom stereocenters. The Bertz CT molecular complexity index is 706. The van der Waals surface area contributed by atoms with Crippen molar-refractivity contribution < 1.29 is 33.8 Å². The third-order valence-corrected chi connectivity index (χ3v) is 6.02. The van der Waals surface area contributed by atoms with Crippen molar-refractivity contribution in [1.29, 1.82) is 0 Å². The number of rotatable bonds is 17. The minimum atomic E-state index is -0.973. The minimum Gasteiger partial charge on any atom is -0.481 e. The van der Waals surface area contributed by atoms with E-state index in [1.807, 2.05) is 33.3 Å². The molecule has 1 aliphatic rings. The SMILES string of the molecule is CCCCCC(O)C/C=C1/C(=O)CCC1C/C=C/CCCC(=O)OC(CC(=O)O)C[N+](C)(C)C. The molecular weight excluding hydrogens is 434 g/mol. The topological polar surface area (TPSA) is 101 Å². The molecule has 7 heteroatoms. The summed E-state index contributed by atoms with van der Waals surface area (Å²) >= 11 is 0. The molecule has 0 spiro atoms. The Morgan fingerprint density at radius 2 is 1.91 bits per heavy atom. The number of aliphatic hydroxyl groups is 1. The summed E-state index contributed by atoms with van der Waals surface area (Å²) in [5.74, 6) is -0.924. The number of nitrogens with zero attached hydrogens (tertiary/aromatic N) is 1. The fourth-order valence-electron chi connectivity index (χ4n) is 4.31. The number of carbonyl (C=O) groups excluding carboxylic acids is 2. The Balaban J connectivity index is 2.38. The molecule has 7 nitrogen and oxygen atoms in total. The number of quaternary nitrogens is 1. The Morgan fingerprint density at radius 1 is 1.18 bits per heavy atom. The van der Waals surface area contributed by atoms with E-state index in [1.54, 1.807) is 0 Å².